The number of hydrogen-bond acceptors (Lipinski definition) is 3. The van der Waals surface area contributed by atoms with Gasteiger partial charge < -0.3 is 14.6 Å². The number of carboxylic acids is 1. The molecule has 0 heterocycles. The van der Waals surface area contributed by atoms with Gasteiger partial charge >= 0.3 is 5.97 Å². The number of aliphatic carboxylic acids is 1. The third-order valence-electron chi connectivity index (χ3n) is 4.93. The average Bonchev–Trinajstić information content (AvgIpc) is 2.78. The minimum absolute atomic E-state index is 0.138. The summed E-state index contributed by atoms with van der Waals surface area (Å²) >= 11 is 0. The van der Waals surface area contributed by atoms with E-state index in [2.05, 4.69) is 43.3 Å². The van der Waals surface area contributed by atoms with E-state index in [1.807, 2.05) is 42.5 Å². The number of carboxylic acid groups (broad SMARTS) is 1. The van der Waals surface area contributed by atoms with Crippen molar-refractivity contribution in [3.05, 3.63) is 90.0 Å². The van der Waals surface area contributed by atoms with Crippen LogP contribution in [0.15, 0.2) is 78.9 Å². The smallest absolute Gasteiger partial charge is 0.303 e. The van der Waals surface area contributed by atoms with E-state index >= 15 is 0 Å². The van der Waals surface area contributed by atoms with E-state index in [-0.39, 0.29) is 6.42 Å². The van der Waals surface area contributed by atoms with Crippen LogP contribution in [0, 0.1) is 0 Å². The second kappa shape index (κ2) is 10.3. The number of ether oxygens (including phenoxy) is 2. The molecule has 0 atom stereocenters. The van der Waals surface area contributed by atoms with Crippen molar-refractivity contribution in [2.24, 2.45) is 0 Å². The van der Waals surface area contributed by atoms with E-state index in [9.17, 15) is 4.79 Å². The van der Waals surface area contributed by atoms with Crippen molar-refractivity contribution in [2.45, 2.75) is 19.8 Å². The second-order valence-electron chi connectivity index (χ2n) is 7.05. The highest BCUT2D eigenvalue weighted by molar-refractivity contribution is 5.70. The fourth-order valence-corrected chi connectivity index (χ4v) is 3.11. The normalized spacial score (nSPS) is 11.2. The van der Waals surface area contributed by atoms with Crippen LogP contribution in [0.1, 0.15) is 24.5 Å². The fraction of sp³-hybridized carbons (Fsp3) is 0.192. The van der Waals surface area contributed by atoms with Gasteiger partial charge in [-0.1, -0.05) is 48.5 Å². The van der Waals surface area contributed by atoms with E-state index in [4.69, 9.17) is 14.6 Å². The lowest BCUT2D eigenvalue weighted by molar-refractivity contribution is -0.136. The summed E-state index contributed by atoms with van der Waals surface area (Å²) in [6, 6.07) is 24.0. The van der Waals surface area contributed by atoms with Gasteiger partial charge in [-0.3, -0.25) is 4.79 Å². The Labute approximate surface area is 177 Å². The second-order valence-corrected chi connectivity index (χ2v) is 7.05. The predicted octanol–water partition coefficient (Wildman–Crippen LogP) is 5.86. The van der Waals surface area contributed by atoms with Crippen LogP contribution in [0.3, 0.4) is 0 Å². The number of allylic oxidation sites excluding steroid dienone is 1. The van der Waals surface area contributed by atoms with Gasteiger partial charge in [-0.15, -0.1) is 0 Å². The molecule has 0 bridgehead atoms. The zero-order chi connectivity index (χ0) is 21.3. The molecule has 4 heteroatoms. The number of benzene rings is 3. The quantitative estimate of drug-likeness (QED) is 0.487. The molecule has 3 rings (SSSR count). The maximum absolute atomic E-state index is 10.6. The first-order chi connectivity index (χ1) is 14.5. The topological polar surface area (TPSA) is 55.8 Å². The average molecular weight is 402 g/mol. The molecule has 0 saturated carbocycles. The highest BCUT2D eigenvalue weighted by Crippen LogP contribution is 2.25. The van der Waals surface area contributed by atoms with Crippen molar-refractivity contribution >= 4 is 11.5 Å². The summed E-state index contributed by atoms with van der Waals surface area (Å²) in [5, 5.41) is 8.75. The van der Waals surface area contributed by atoms with Crippen LogP contribution >= 0.6 is 0 Å². The zero-order valence-corrected chi connectivity index (χ0v) is 17.3. The summed E-state index contributed by atoms with van der Waals surface area (Å²) < 4.78 is 11.1. The van der Waals surface area contributed by atoms with E-state index < -0.39 is 5.97 Å². The molecular formula is C26H26O4. The summed E-state index contributed by atoms with van der Waals surface area (Å²) in [6.45, 7) is 2.54. The summed E-state index contributed by atoms with van der Waals surface area (Å²) in [6.07, 6.45) is 2.72. The highest BCUT2D eigenvalue weighted by atomic mass is 16.5. The molecule has 0 fully saturated rings. The van der Waals surface area contributed by atoms with E-state index in [1.165, 1.54) is 0 Å². The zero-order valence-electron chi connectivity index (χ0n) is 17.3. The number of hydrogen-bond donors (Lipinski definition) is 1. The molecule has 0 saturated heterocycles. The lowest BCUT2D eigenvalue weighted by Crippen LogP contribution is -1.98. The van der Waals surface area contributed by atoms with Crippen LogP contribution in [0.2, 0.25) is 0 Å². The third-order valence-corrected chi connectivity index (χ3v) is 4.93. The number of rotatable bonds is 9. The molecule has 0 aliphatic carbocycles. The van der Waals surface area contributed by atoms with Crippen molar-refractivity contribution in [1.29, 1.82) is 0 Å². The molecule has 0 unspecified atom stereocenters. The van der Waals surface area contributed by atoms with Crippen LogP contribution in [0.5, 0.6) is 11.5 Å². The Bertz CT molecular complexity index is 1000. The maximum atomic E-state index is 10.6. The Morgan fingerprint density at radius 1 is 0.933 bits per heavy atom. The van der Waals surface area contributed by atoms with Crippen LogP contribution in [0.25, 0.3) is 16.7 Å². The van der Waals surface area contributed by atoms with Gasteiger partial charge in [0.15, 0.2) is 0 Å². The van der Waals surface area contributed by atoms with Gasteiger partial charge in [-0.2, -0.15) is 0 Å². The standard InChI is InChI=1S/C26H26O4/c1-19(16-17-30-24-13-6-20(7-14-24)8-15-26(27)28)21-9-11-22(12-10-21)23-4-3-5-25(18-23)29-2/h3-7,9-14,16,18H,8,15,17H2,1-2H3,(H,27,28). The lowest BCUT2D eigenvalue weighted by atomic mass is 10.0. The lowest BCUT2D eigenvalue weighted by Gasteiger charge is -2.08. The molecule has 0 amide bonds. The summed E-state index contributed by atoms with van der Waals surface area (Å²) in [4.78, 5) is 10.6. The van der Waals surface area contributed by atoms with Crippen molar-refractivity contribution in [3.8, 4) is 22.6 Å². The molecular weight excluding hydrogens is 376 g/mol. The molecule has 3 aromatic rings. The van der Waals surface area contributed by atoms with Gasteiger partial charge in [0.25, 0.3) is 0 Å². The summed E-state index contributed by atoms with van der Waals surface area (Å²) in [7, 11) is 1.67. The van der Waals surface area contributed by atoms with E-state index in [1.54, 1.807) is 7.11 Å². The summed E-state index contributed by atoms with van der Waals surface area (Å²) in [5.74, 6) is 0.832. The molecule has 1 N–H and O–H groups in total. The van der Waals surface area contributed by atoms with Crippen molar-refractivity contribution < 1.29 is 19.4 Å². The predicted molar refractivity (Wildman–Crippen MR) is 120 cm³/mol. The first-order valence-corrected chi connectivity index (χ1v) is 9.90. The van der Waals surface area contributed by atoms with Gasteiger partial charge in [0.1, 0.15) is 18.1 Å². The number of methoxy groups -OCH3 is 1. The number of aryl methyl sites for hydroxylation is 1. The van der Waals surface area contributed by atoms with Gasteiger partial charge in [-0.25, -0.2) is 0 Å². The molecule has 0 aliphatic rings. The Morgan fingerprint density at radius 2 is 1.67 bits per heavy atom. The molecule has 0 aromatic heterocycles. The van der Waals surface area contributed by atoms with E-state index in [0.717, 1.165) is 39.3 Å². The van der Waals surface area contributed by atoms with Crippen molar-refractivity contribution in [3.63, 3.8) is 0 Å². The van der Waals surface area contributed by atoms with Crippen molar-refractivity contribution in [2.75, 3.05) is 13.7 Å². The van der Waals surface area contributed by atoms with Crippen LogP contribution in [-0.4, -0.2) is 24.8 Å². The Kier molecular flexibility index (Phi) is 7.28. The fourth-order valence-electron chi connectivity index (χ4n) is 3.11. The first kappa shape index (κ1) is 21.2. The van der Waals surface area contributed by atoms with Gasteiger partial charge in [0.05, 0.1) is 7.11 Å². The molecule has 3 aromatic carbocycles. The SMILES string of the molecule is COc1cccc(-c2ccc(C(C)=CCOc3ccc(CCC(=O)O)cc3)cc2)c1. The van der Waals surface area contributed by atoms with Gasteiger partial charge in [0, 0.05) is 6.42 Å². The number of carbonyl (C=O) groups is 1. The van der Waals surface area contributed by atoms with Crippen molar-refractivity contribution in [1.82, 2.24) is 0 Å². The largest absolute Gasteiger partial charge is 0.497 e. The molecule has 30 heavy (non-hydrogen) atoms. The minimum Gasteiger partial charge on any atom is -0.497 e. The maximum Gasteiger partial charge on any atom is 0.303 e. The molecule has 154 valence electrons. The van der Waals surface area contributed by atoms with Gasteiger partial charge in [0.2, 0.25) is 0 Å². The van der Waals surface area contributed by atoms with Crippen LogP contribution in [-0.2, 0) is 11.2 Å². The Balaban J connectivity index is 1.57. The third kappa shape index (κ3) is 5.98. The molecule has 0 radical (unpaired) electrons. The van der Waals surface area contributed by atoms with E-state index in [0.29, 0.717) is 13.0 Å². The monoisotopic (exact) mass is 402 g/mol. The Hall–Kier alpha value is -3.53. The molecule has 0 aliphatic heterocycles. The van der Waals surface area contributed by atoms with Crippen LogP contribution in [0.4, 0.5) is 0 Å². The summed E-state index contributed by atoms with van der Waals surface area (Å²) in [5.41, 5.74) is 5.55. The molecule has 0 spiro atoms. The van der Waals surface area contributed by atoms with Gasteiger partial charge in [-0.05, 0) is 71.5 Å². The first-order valence-electron chi connectivity index (χ1n) is 9.90. The molecule has 4 nitrogen and oxygen atoms in total. The highest BCUT2D eigenvalue weighted by Gasteiger charge is 2.02. The Morgan fingerprint density at radius 3 is 2.33 bits per heavy atom. The van der Waals surface area contributed by atoms with Crippen LogP contribution < -0.4 is 9.47 Å². The minimum atomic E-state index is -0.785.